The molecular formula is C21H18N8O6S2. The number of nitrogens with one attached hydrogen (secondary N) is 2. The lowest BCUT2D eigenvalue weighted by Gasteiger charge is -2.50. The summed E-state index contributed by atoms with van der Waals surface area (Å²) in [6.45, 7) is -0.0852. The summed E-state index contributed by atoms with van der Waals surface area (Å²) >= 11 is 2.11. The van der Waals surface area contributed by atoms with Gasteiger partial charge in [-0.2, -0.15) is 13.9 Å². The first-order chi connectivity index (χ1) is 17.8. The van der Waals surface area contributed by atoms with E-state index < -0.39 is 29.2 Å². The van der Waals surface area contributed by atoms with Gasteiger partial charge in [-0.05, 0) is 6.07 Å². The summed E-state index contributed by atoms with van der Waals surface area (Å²) in [6.07, 6.45) is 8.97. The number of terminal acetylenes is 1. The van der Waals surface area contributed by atoms with E-state index in [2.05, 4.69) is 31.1 Å². The van der Waals surface area contributed by atoms with Crippen LogP contribution in [0.4, 0.5) is 10.8 Å². The molecule has 4 heterocycles. The number of amides is 3. The fourth-order valence-electron chi connectivity index (χ4n) is 3.65. The topological polar surface area (TPSA) is 196 Å². The van der Waals surface area contributed by atoms with Crippen LogP contribution in [-0.2, 0) is 30.6 Å². The number of carbonyl (C=O) groups is 4. The Morgan fingerprint density at radius 1 is 1.49 bits per heavy atom. The highest BCUT2D eigenvalue weighted by atomic mass is 32.2. The standard InChI is InChI=1S/C21H18N8O6S2/c1-2-6-35-26-13(16-25-21(22)37-27-16)17(31)24-14-18(32)29-15(20(33)34)11(9-36-19(14)29)7-28-5-3-4-12(8-28)23-10-30/h1,3-5,8,10,14,19H,6-7,9H2,(H4-,22,23,24,25,27,30,31,33,34)/t14?,19-/m0/s1. The Balaban J connectivity index is 1.53. The fraction of sp³-hybridized carbons (Fsp3) is 0.238. The number of carboxylic acids is 1. The second-order valence-corrected chi connectivity index (χ2v) is 9.39. The van der Waals surface area contributed by atoms with Gasteiger partial charge in [0.15, 0.2) is 30.7 Å². The molecule has 14 nitrogen and oxygen atoms in total. The van der Waals surface area contributed by atoms with E-state index in [1.165, 1.54) is 11.8 Å². The highest BCUT2D eigenvalue weighted by Crippen LogP contribution is 2.40. The van der Waals surface area contributed by atoms with Crippen molar-refractivity contribution in [1.82, 2.24) is 19.6 Å². The quantitative estimate of drug-likeness (QED) is 0.0546. The molecule has 0 aromatic carbocycles. The van der Waals surface area contributed by atoms with E-state index in [0.29, 0.717) is 17.7 Å². The number of nitrogens with zero attached hydrogens (tertiary/aromatic N) is 5. The predicted octanol–water partition coefficient (Wildman–Crippen LogP) is -2.57. The van der Waals surface area contributed by atoms with Crippen molar-refractivity contribution in [1.29, 1.82) is 0 Å². The number of pyridine rings is 1. The average molecular weight is 543 g/mol. The number of oxime groups is 1. The van der Waals surface area contributed by atoms with Crippen LogP contribution in [0.5, 0.6) is 0 Å². The largest absolute Gasteiger partial charge is 0.543 e. The number of rotatable bonds is 10. The Morgan fingerprint density at radius 2 is 2.30 bits per heavy atom. The molecule has 3 amide bonds. The van der Waals surface area contributed by atoms with Gasteiger partial charge >= 0.3 is 0 Å². The number of aromatic nitrogens is 3. The number of hydrogen-bond acceptors (Lipinski definition) is 12. The first-order valence-electron chi connectivity index (χ1n) is 10.4. The molecule has 16 heteroatoms. The second-order valence-electron chi connectivity index (χ2n) is 7.50. The normalized spacial score (nSPS) is 18.8. The molecule has 4 rings (SSSR count). The zero-order valence-electron chi connectivity index (χ0n) is 18.8. The van der Waals surface area contributed by atoms with Gasteiger partial charge < -0.3 is 31.1 Å². The molecule has 1 fully saturated rings. The maximum atomic E-state index is 13.0. The van der Waals surface area contributed by atoms with Crippen molar-refractivity contribution in [3.05, 3.63) is 41.6 Å². The molecule has 0 saturated carbocycles. The molecular weight excluding hydrogens is 524 g/mol. The van der Waals surface area contributed by atoms with Crippen molar-refractivity contribution in [2.75, 3.05) is 23.4 Å². The van der Waals surface area contributed by atoms with Crippen LogP contribution >= 0.6 is 23.3 Å². The summed E-state index contributed by atoms with van der Waals surface area (Å²) in [5.74, 6) is -0.654. The minimum atomic E-state index is -1.52. The number of thioether (sulfide) groups is 1. The first kappa shape index (κ1) is 25.6. The molecule has 0 aliphatic carbocycles. The van der Waals surface area contributed by atoms with Crippen molar-refractivity contribution in [3.63, 3.8) is 0 Å². The summed E-state index contributed by atoms with van der Waals surface area (Å²) in [5.41, 5.74) is 5.93. The second kappa shape index (κ2) is 11.1. The van der Waals surface area contributed by atoms with Crippen LogP contribution < -0.4 is 26.0 Å². The van der Waals surface area contributed by atoms with Crippen LogP contribution in [0.15, 0.2) is 41.0 Å². The zero-order chi connectivity index (χ0) is 26.5. The van der Waals surface area contributed by atoms with Gasteiger partial charge in [0, 0.05) is 28.9 Å². The number of carboxylic acid groups (broad SMARTS) is 1. The molecule has 2 aliphatic rings. The van der Waals surface area contributed by atoms with Crippen molar-refractivity contribution in [2.24, 2.45) is 5.16 Å². The number of hydrogen-bond donors (Lipinski definition) is 3. The molecule has 190 valence electrons. The Kier molecular flexibility index (Phi) is 7.65. The third-order valence-corrected chi connectivity index (χ3v) is 7.04. The monoisotopic (exact) mass is 542 g/mol. The number of carbonyl (C=O) groups excluding carboxylic acids is 4. The van der Waals surface area contributed by atoms with Crippen LogP contribution in [0.1, 0.15) is 5.82 Å². The van der Waals surface area contributed by atoms with Gasteiger partial charge in [-0.1, -0.05) is 11.1 Å². The lowest BCUT2D eigenvalue weighted by molar-refractivity contribution is -0.688. The van der Waals surface area contributed by atoms with Crippen LogP contribution in [0.25, 0.3) is 0 Å². The number of nitrogens with two attached hydrogens (primary N) is 1. The maximum absolute atomic E-state index is 13.0. The molecule has 4 N–H and O–H groups in total. The van der Waals surface area contributed by atoms with Gasteiger partial charge in [0.1, 0.15) is 17.1 Å². The molecule has 0 bridgehead atoms. The molecule has 2 aromatic heterocycles. The van der Waals surface area contributed by atoms with E-state index in [0.717, 1.165) is 16.4 Å². The van der Waals surface area contributed by atoms with Crippen molar-refractivity contribution >= 4 is 64.0 Å². The van der Waals surface area contributed by atoms with Crippen molar-refractivity contribution in [2.45, 2.75) is 18.0 Å². The molecule has 2 aromatic rings. The van der Waals surface area contributed by atoms with Gasteiger partial charge in [0.05, 0.1) is 11.7 Å². The van der Waals surface area contributed by atoms with Crippen molar-refractivity contribution < 1.29 is 33.7 Å². The predicted molar refractivity (Wildman–Crippen MR) is 129 cm³/mol. The number of anilines is 2. The SMILES string of the molecule is C#CCON=C(C(=O)NC1C(=O)N2C(C(=O)[O-])=C(C[n+]3cccc(NC=O)c3)CS[C@@H]12)c1nsc(N)n1. The van der Waals surface area contributed by atoms with Crippen molar-refractivity contribution in [3.8, 4) is 12.3 Å². The van der Waals surface area contributed by atoms with Gasteiger partial charge in [0.25, 0.3) is 11.8 Å². The summed E-state index contributed by atoms with van der Waals surface area (Å²) in [6, 6.07) is 2.30. The van der Waals surface area contributed by atoms with E-state index in [1.807, 2.05) is 0 Å². The summed E-state index contributed by atoms with van der Waals surface area (Å²) in [5, 5.41) is 20.1. The lowest BCUT2D eigenvalue weighted by atomic mass is 10.0. The lowest BCUT2D eigenvalue weighted by Crippen LogP contribution is -2.71. The Labute approximate surface area is 217 Å². The molecule has 37 heavy (non-hydrogen) atoms. The van der Waals surface area contributed by atoms with Gasteiger partial charge in [-0.25, -0.2) is 0 Å². The van der Waals surface area contributed by atoms with E-state index in [1.54, 1.807) is 29.1 Å². The molecule has 0 radical (unpaired) electrons. The minimum Gasteiger partial charge on any atom is -0.543 e. The number of β-lactam (4-membered cyclic amide) rings is 1. The van der Waals surface area contributed by atoms with Gasteiger partial charge in [0.2, 0.25) is 17.9 Å². The maximum Gasteiger partial charge on any atom is 0.278 e. The third kappa shape index (κ3) is 5.37. The van der Waals surface area contributed by atoms with E-state index in [4.69, 9.17) is 17.0 Å². The summed E-state index contributed by atoms with van der Waals surface area (Å²) in [4.78, 5) is 58.5. The molecule has 1 saturated heterocycles. The number of nitrogen functional groups attached to an aromatic ring is 1. The molecule has 2 aliphatic heterocycles. The molecule has 2 atom stereocenters. The van der Waals surface area contributed by atoms with Gasteiger partial charge in [-0.15, -0.1) is 18.2 Å². The summed E-state index contributed by atoms with van der Waals surface area (Å²) in [7, 11) is 0. The number of fused-ring (bicyclic) bond motifs is 1. The van der Waals surface area contributed by atoms with Crippen LogP contribution in [0, 0.1) is 12.3 Å². The third-order valence-electron chi connectivity index (χ3n) is 5.16. The Hall–Kier alpha value is -4.49. The summed E-state index contributed by atoms with van der Waals surface area (Å²) < 4.78 is 5.60. The molecule has 0 spiro atoms. The fourth-order valence-corrected chi connectivity index (χ4v) is 5.42. The highest BCUT2D eigenvalue weighted by molar-refractivity contribution is 8.00. The Morgan fingerprint density at radius 3 is 2.97 bits per heavy atom. The van der Waals surface area contributed by atoms with E-state index in [9.17, 15) is 24.3 Å². The minimum absolute atomic E-state index is 0.0859. The molecule has 1 unspecified atom stereocenters. The Bertz CT molecular complexity index is 1370. The van der Waals surface area contributed by atoms with E-state index >= 15 is 0 Å². The number of aliphatic carboxylic acids is 1. The highest BCUT2D eigenvalue weighted by Gasteiger charge is 2.53. The van der Waals surface area contributed by atoms with Gasteiger partial charge in [-0.3, -0.25) is 19.3 Å². The average Bonchev–Trinajstić information content (AvgIpc) is 3.30. The smallest absolute Gasteiger partial charge is 0.278 e. The van der Waals surface area contributed by atoms with Crippen LogP contribution in [0.3, 0.4) is 0 Å². The first-order valence-corrected chi connectivity index (χ1v) is 12.3. The zero-order valence-corrected chi connectivity index (χ0v) is 20.5. The van der Waals surface area contributed by atoms with Crippen LogP contribution in [-0.4, -0.2) is 67.9 Å². The van der Waals surface area contributed by atoms with Crippen LogP contribution in [0.2, 0.25) is 0 Å². The van der Waals surface area contributed by atoms with E-state index in [-0.39, 0.29) is 41.3 Å².